The molecule has 0 unspecified atom stereocenters. The van der Waals surface area contributed by atoms with Crippen molar-refractivity contribution < 1.29 is 23.9 Å². The van der Waals surface area contributed by atoms with Gasteiger partial charge < -0.3 is 20.2 Å². The molecule has 130 valence electrons. The topological polar surface area (TPSA) is 106 Å². The van der Waals surface area contributed by atoms with E-state index in [1.54, 1.807) is 45.0 Å². The monoisotopic (exact) mass is 334 g/mol. The predicted octanol–water partition coefficient (Wildman–Crippen LogP) is 2.27. The van der Waals surface area contributed by atoms with Crippen LogP contribution in [-0.4, -0.2) is 35.7 Å². The van der Waals surface area contributed by atoms with Crippen molar-refractivity contribution in [1.29, 1.82) is 5.41 Å². The van der Waals surface area contributed by atoms with E-state index < -0.39 is 29.5 Å². The average Bonchev–Trinajstić information content (AvgIpc) is 2.45. The summed E-state index contributed by atoms with van der Waals surface area (Å²) in [6.45, 7) is 6.45. The molecule has 0 fully saturated rings. The minimum atomic E-state index is -0.906. The second-order valence-electron chi connectivity index (χ2n) is 6.19. The van der Waals surface area contributed by atoms with E-state index in [0.717, 1.165) is 5.56 Å². The number of hydrogen-bond donors (Lipinski definition) is 2. The summed E-state index contributed by atoms with van der Waals surface area (Å²) < 4.78 is 10.1. The molecule has 0 bridgehead atoms. The number of ketones is 1. The maximum absolute atomic E-state index is 11.8. The number of benzene rings is 1. The number of alkyl carbamates (subject to hydrolysis) is 1. The first-order valence-corrected chi connectivity index (χ1v) is 7.42. The van der Waals surface area contributed by atoms with E-state index >= 15 is 0 Å². The lowest BCUT2D eigenvalue weighted by atomic mass is 10.0. The Bertz CT molecular complexity index is 617. The Kier molecular flexibility index (Phi) is 6.64. The lowest BCUT2D eigenvalue weighted by molar-refractivity contribution is -0.131. The molecule has 24 heavy (non-hydrogen) atoms. The third-order valence-electron chi connectivity index (χ3n) is 2.80. The summed E-state index contributed by atoms with van der Waals surface area (Å²) in [5.41, 5.74) is 0.0516. The van der Waals surface area contributed by atoms with Crippen LogP contribution in [-0.2, 0) is 20.7 Å². The Morgan fingerprint density at radius 1 is 1.21 bits per heavy atom. The second kappa shape index (κ2) is 8.24. The van der Waals surface area contributed by atoms with Crippen LogP contribution < -0.4 is 10.1 Å². The molecule has 0 saturated heterocycles. The molecule has 1 rings (SSSR count). The molecule has 2 N–H and O–H groups in total. The average molecular weight is 334 g/mol. The zero-order chi connectivity index (χ0) is 18.3. The predicted molar refractivity (Wildman–Crippen MR) is 88.4 cm³/mol. The minimum Gasteiger partial charge on any atom is -0.444 e. The van der Waals surface area contributed by atoms with Gasteiger partial charge in [-0.3, -0.25) is 9.59 Å². The largest absolute Gasteiger partial charge is 0.444 e. The molecule has 0 spiro atoms. The van der Waals surface area contributed by atoms with Crippen molar-refractivity contribution in [2.75, 3.05) is 0 Å². The van der Waals surface area contributed by atoms with Crippen molar-refractivity contribution in [3.05, 3.63) is 29.8 Å². The molecule has 0 heterocycles. The fourth-order valence-corrected chi connectivity index (χ4v) is 1.87. The molecule has 0 aliphatic heterocycles. The molecule has 7 nitrogen and oxygen atoms in total. The van der Waals surface area contributed by atoms with Gasteiger partial charge in [-0.2, -0.15) is 0 Å². The SMILES string of the molecule is CC(=O)Oc1ccc(C[C@H](NC(=O)OC(C)(C)C)C(=O)C=N)cc1. The molecule has 1 atom stereocenters. The Balaban J connectivity index is 2.79. The van der Waals surface area contributed by atoms with Crippen LogP contribution in [0.25, 0.3) is 0 Å². The van der Waals surface area contributed by atoms with E-state index in [1.807, 2.05) is 0 Å². The first kappa shape index (κ1) is 19.3. The number of hydrogen-bond acceptors (Lipinski definition) is 6. The number of carbonyl (C=O) groups excluding carboxylic acids is 3. The van der Waals surface area contributed by atoms with Crippen molar-refractivity contribution in [2.45, 2.75) is 45.8 Å². The highest BCUT2D eigenvalue weighted by atomic mass is 16.6. The van der Waals surface area contributed by atoms with Crippen LogP contribution in [0.3, 0.4) is 0 Å². The summed E-state index contributed by atoms with van der Waals surface area (Å²) in [4.78, 5) is 34.6. The van der Waals surface area contributed by atoms with Crippen molar-refractivity contribution >= 4 is 24.1 Å². The van der Waals surface area contributed by atoms with Gasteiger partial charge in [0.05, 0.1) is 6.21 Å². The molecule has 0 aromatic heterocycles. The fourth-order valence-electron chi connectivity index (χ4n) is 1.87. The highest BCUT2D eigenvalue weighted by molar-refractivity contribution is 6.29. The van der Waals surface area contributed by atoms with Gasteiger partial charge in [0.2, 0.25) is 0 Å². The van der Waals surface area contributed by atoms with E-state index in [9.17, 15) is 14.4 Å². The molecular formula is C17H22N2O5. The van der Waals surface area contributed by atoms with Crippen LogP contribution in [0.2, 0.25) is 0 Å². The van der Waals surface area contributed by atoms with Gasteiger partial charge in [-0.05, 0) is 38.5 Å². The van der Waals surface area contributed by atoms with Crippen molar-refractivity contribution in [2.24, 2.45) is 0 Å². The smallest absolute Gasteiger partial charge is 0.408 e. The first-order chi connectivity index (χ1) is 11.1. The van der Waals surface area contributed by atoms with Gasteiger partial charge in [-0.1, -0.05) is 12.1 Å². The van der Waals surface area contributed by atoms with Crippen LogP contribution >= 0.6 is 0 Å². The van der Waals surface area contributed by atoms with Gasteiger partial charge in [-0.25, -0.2) is 4.79 Å². The maximum atomic E-state index is 11.8. The zero-order valence-corrected chi connectivity index (χ0v) is 14.2. The van der Waals surface area contributed by atoms with E-state index in [2.05, 4.69) is 5.32 Å². The summed E-state index contributed by atoms with van der Waals surface area (Å²) in [6, 6.07) is 5.64. The number of rotatable bonds is 6. The maximum Gasteiger partial charge on any atom is 0.408 e. The van der Waals surface area contributed by atoms with E-state index in [0.29, 0.717) is 12.0 Å². The lowest BCUT2D eigenvalue weighted by Crippen LogP contribution is -2.45. The van der Waals surface area contributed by atoms with Gasteiger partial charge in [0.1, 0.15) is 17.4 Å². The number of Topliss-reactive ketones (excluding diaryl/α,β-unsaturated/α-hetero) is 1. The fraction of sp³-hybridized carbons (Fsp3) is 0.412. The molecular weight excluding hydrogens is 312 g/mol. The Morgan fingerprint density at radius 3 is 2.25 bits per heavy atom. The van der Waals surface area contributed by atoms with Gasteiger partial charge in [0, 0.05) is 13.3 Å². The standard InChI is InChI=1S/C17H22N2O5/c1-11(20)23-13-7-5-12(6-8-13)9-14(15(21)10-18)19-16(22)24-17(2,3)4/h5-8,10,14,18H,9H2,1-4H3,(H,19,22)/t14-/m0/s1. The summed E-state index contributed by atoms with van der Waals surface area (Å²) in [5, 5.41) is 9.59. The number of ether oxygens (including phenoxy) is 2. The van der Waals surface area contributed by atoms with Gasteiger partial charge in [0.15, 0.2) is 5.78 Å². The molecule has 0 aliphatic carbocycles. The Morgan fingerprint density at radius 2 is 1.79 bits per heavy atom. The van der Waals surface area contributed by atoms with E-state index in [1.165, 1.54) is 6.92 Å². The van der Waals surface area contributed by atoms with E-state index in [-0.39, 0.29) is 6.42 Å². The number of esters is 1. The minimum absolute atomic E-state index is 0.188. The van der Waals surface area contributed by atoms with Crippen LogP contribution in [0.1, 0.15) is 33.3 Å². The van der Waals surface area contributed by atoms with Crippen molar-refractivity contribution in [1.82, 2.24) is 5.32 Å². The van der Waals surface area contributed by atoms with Crippen LogP contribution in [0.15, 0.2) is 24.3 Å². The Hall–Kier alpha value is -2.70. The number of carbonyl (C=O) groups is 3. The van der Waals surface area contributed by atoms with Gasteiger partial charge >= 0.3 is 12.1 Å². The molecule has 7 heteroatoms. The van der Waals surface area contributed by atoms with Crippen LogP contribution in [0.4, 0.5) is 4.79 Å². The highest BCUT2D eigenvalue weighted by Gasteiger charge is 2.23. The van der Waals surface area contributed by atoms with Gasteiger partial charge in [-0.15, -0.1) is 0 Å². The summed E-state index contributed by atoms with van der Waals surface area (Å²) in [7, 11) is 0. The molecule has 1 aromatic rings. The zero-order valence-electron chi connectivity index (χ0n) is 14.2. The highest BCUT2D eigenvalue weighted by Crippen LogP contribution is 2.14. The summed E-state index contributed by atoms with van der Waals surface area (Å²) >= 11 is 0. The summed E-state index contributed by atoms with van der Waals surface area (Å²) in [5.74, 6) is -0.572. The quantitative estimate of drug-likeness (QED) is 0.471. The van der Waals surface area contributed by atoms with Gasteiger partial charge in [0.25, 0.3) is 0 Å². The molecule has 1 amide bonds. The summed E-state index contributed by atoms with van der Waals surface area (Å²) in [6.07, 6.45) is 0.127. The lowest BCUT2D eigenvalue weighted by Gasteiger charge is -2.22. The van der Waals surface area contributed by atoms with Crippen molar-refractivity contribution in [3.63, 3.8) is 0 Å². The molecule has 0 saturated carbocycles. The first-order valence-electron chi connectivity index (χ1n) is 7.42. The van der Waals surface area contributed by atoms with Crippen LogP contribution in [0.5, 0.6) is 5.75 Å². The number of nitrogens with one attached hydrogen (secondary N) is 2. The normalized spacial score (nSPS) is 12.0. The Labute approximate surface area is 140 Å². The second-order valence-corrected chi connectivity index (χ2v) is 6.19. The van der Waals surface area contributed by atoms with Crippen molar-refractivity contribution in [3.8, 4) is 5.75 Å². The van der Waals surface area contributed by atoms with Crippen LogP contribution in [0, 0.1) is 5.41 Å². The molecule has 1 aromatic carbocycles. The number of amides is 1. The third-order valence-corrected chi connectivity index (χ3v) is 2.80. The third kappa shape index (κ3) is 7.04. The molecule has 0 aliphatic rings. The molecule has 0 radical (unpaired) electrons. The van der Waals surface area contributed by atoms with E-state index in [4.69, 9.17) is 14.9 Å².